The third kappa shape index (κ3) is 5.78. The average molecular weight is 401 g/mol. The van der Waals surface area contributed by atoms with Crippen molar-refractivity contribution in [2.45, 2.75) is 13.8 Å². The van der Waals surface area contributed by atoms with Crippen LogP contribution in [0.1, 0.15) is 28.4 Å². The Balaban J connectivity index is 1.81. The predicted octanol–water partition coefficient (Wildman–Crippen LogP) is 4.20. The lowest BCUT2D eigenvalue weighted by molar-refractivity contribution is -0.113. The van der Waals surface area contributed by atoms with Gasteiger partial charge >= 0.3 is 0 Å². The highest BCUT2D eigenvalue weighted by Gasteiger charge is 2.15. The average Bonchev–Trinajstić information content (AvgIpc) is 2.76. The summed E-state index contributed by atoms with van der Waals surface area (Å²) >= 11 is 0. The molecule has 0 spiro atoms. The van der Waals surface area contributed by atoms with Crippen LogP contribution in [0.25, 0.3) is 6.08 Å². The molecule has 1 aromatic heterocycles. The Bertz CT molecular complexity index is 1030. The number of nitrogens with one attached hydrogen (secondary N) is 2. The number of amides is 2. The first-order chi connectivity index (χ1) is 14.5. The predicted molar refractivity (Wildman–Crippen MR) is 117 cm³/mol. The number of aryl methyl sites for hydroxylation is 1. The third-order valence-electron chi connectivity index (χ3n) is 4.23. The Morgan fingerprint density at radius 3 is 2.40 bits per heavy atom. The first-order valence-corrected chi connectivity index (χ1v) is 9.59. The van der Waals surface area contributed by atoms with Crippen molar-refractivity contribution in [3.05, 3.63) is 95.4 Å². The number of pyridine rings is 1. The summed E-state index contributed by atoms with van der Waals surface area (Å²) < 4.78 is 5.41. The van der Waals surface area contributed by atoms with E-state index >= 15 is 0 Å². The van der Waals surface area contributed by atoms with Crippen LogP contribution in [0.4, 0.5) is 5.69 Å². The van der Waals surface area contributed by atoms with Gasteiger partial charge in [0.15, 0.2) is 0 Å². The minimum absolute atomic E-state index is 0.113. The second-order valence-electron chi connectivity index (χ2n) is 6.58. The molecule has 2 amide bonds. The minimum atomic E-state index is -0.441. The highest BCUT2D eigenvalue weighted by atomic mass is 16.5. The first kappa shape index (κ1) is 20.8. The van der Waals surface area contributed by atoms with E-state index in [0.717, 1.165) is 5.56 Å². The zero-order valence-corrected chi connectivity index (χ0v) is 16.9. The van der Waals surface area contributed by atoms with Gasteiger partial charge in [-0.15, -0.1) is 0 Å². The smallest absolute Gasteiger partial charge is 0.272 e. The summed E-state index contributed by atoms with van der Waals surface area (Å²) in [4.78, 5) is 29.6. The van der Waals surface area contributed by atoms with Crippen molar-refractivity contribution >= 4 is 23.6 Å². The lowest BCUT2D eigenvalue weighted by Crippen LogP contribution is -2.30. The van der Waals surface area contributed by atoms with E-state index in [4.69, 9.17) is 4.74 Å². The lowest BCUT2D eigenvalue weighted by atomic mass is 10.1. The topological polar surface area (TPSA) is 80.3 Å². The third-order valence-corrected chi connectivity index (χ3v) is 4.23. The first-order valence-electron chi connectivity index (χ1n) is 9.59. The second-order valence-corrected chi connectivity index (χ2v) is 6.58. The van der Waals surface area contributed by atoms with Gasteiger partial charge in [-0.1, -0.05) is 23.8 Å². The van der Waals surface area contributed by atoms with Gasteiger partial charge in [-0.25, -0.2) is 0 Å². The number of hydrogen-bond donors (Lipinski definition) is 2. The van der Waals surface area contributed by atoms with Crippen LogP contribution in [-0.2, 0) is 4.79 Å². The number of carbonyl (C=O) groups is 2. The van der Waals surface area contributed by atoms with E-state index in [9.17, 15) is 9.59 Å². The van der Waals surface area contributed by atoms with Crippen molar-refractivity contribution in [1.29, 1.82) is 0 Å². The molecule has 30 heavy (non-hydrogen) atoms. The summed E-state index contributed by atoms with van der Waals surface area (Å²) in [5.74, 6) is -0.0928. The standard InChI is InChI=1S/C24H23N3O3/c1-3-30-21-12-10-20(11-13-21)26-24(29)22(15-18-5-4-14-25-16-18)27-23(28)19-8-6-17(2)7-9-19/h4-16H,3H2,1-2H3,(H,26,29)(H,27,28). The number of benzene rings is 2. The van der Waals surface area contributed by atoms with Crippen molar-refractivity contribution in [2.75, 3.05) is 11.9 Å². The Kier molecular flexibility index (Phi) is 6.95. The molecule has 0 unspecified atom stereocenters. The molecule has 0 saturated heterocycles. The van der Waals surface area contributed by atoms with Crippen molar-refractivity contribution in [3.63, 3.8) is 0 Å². The van der Waals surface area contributed by atoms with Gasteiger partial charge in [0.05, 0.1) is 6.61 Å². The maximum Gasteiger partial charge on any atom is 0.272 e. The van der Waals surface area contributed by atoms with Gasteiger partial charge < -0.3 is 15.4 Å². The summed E-state index contributed by atoms with van der Waals surface area (Å²) in [6, 6.07) is 17.7. The zero-order valence-electron chi connectivity index (χ0n) is 16.9. The van der Waals surface area contributed by atoms with E-state index in [1.165, 1.54) is 0 Å². The van der Waals surface area contributed by atoms with E-state index in [2.05, 4.69) is 15.6 Å². The summed E-state index contributed by atoms with van der Waals surface area (Å²) in [6.45, 7) is 4.41. The van der Waals surface area contributed by atoms with Crippen LogP contribution in [0, 0.1) is 6.92 Å². The lowest BCUT2D eigenvalue weighted by Gasteiger charge is -2.12. The molecule has 2 N–H and O–H groups in total. The molecule has 1 heterocycles. The second kappa shape index (κ2) is 10.0. The van der Waals surface area contributed by atoms with Crippen LogP contribution in [0.5, 0.6) is 5.75 Å². The molecule has 0 bridgehead atoms. The van der Waals surface area contributed by atoms with Crippen molar-refractivity contribution in [1.82, 2.24) is 10.3 Å². The van der Waals surface area contributed by atoms with E-state index < -0.39 is 5.91 Å². The fourth-order valence-corrected chi connectivity index (χ4v) is 2.69. The number of rotatable bonds is 7. The summed E-state index contributed by atoms with van der Waals surface area (Å²) in [7, 11) is 0. The Labute approximate surface area is 175 Å². The number of aromatic nitrogens is 1. The van der Waals surface area contributed by atoms with Gasteiger partial charge in [0.25, 0.3) is 11.8 Å². The summed E-state index contributed by atoms with van der Waals surface area (Å²) in [5, 5.41) is 5.51. The molecule has 0 atom stereocenters. The van der Waals surface area contributed by atoms with E-state index in [1.54, 1.807) is 67.0 Å². The summed E-state index contributed by atoms with van der Waals surface area (Å²) in [5.41, 5.74) is 2.91. The Morgan fingerprint density at radius 2 is 1.77 bits per heavy atom. The maximum atomic E-state index is 12.9. The highest BCUT2D eigenvalue weighted by Crippen LogP contribution is 2.17. The van der Waals surface area contributed by atoms with Gasteiger partial charge in [-0.2, -0.15) is 0 Å². The monoisotopic (exact) mass is 401 g/mol. The molecule has 0 aliphatic heterocycles. The molecular weight excluding hydrogens is 378 g/mol. The fraction of sp³-hybridized carbons (Fsp3) is 0.125. The molecule has 3 rings (SSSR count). The zero-order chi connectivity index (χ0) is 21.3. The van der Waals surface area contributed by atoms with E-state index in [1.807, 2.05) is 26.0 Å². The molecule has 6 heteroatoms. The normalized spacial score (nSPS) is 10.9. The van der Waals surface area contributed by atoms with Crippen molar-refractivity contribution in [3.8, 4) is 5.75 Å². The highest BCUT2D eigenvalue weighted by molar-refractivity contribution is 6.10. The number of nitrogens with zero attached hydrogens (tertiary/aromatic N) is 1. The van der Waals surface area contributed by atoms with Gasteiger partial charge in [0.1, 0.15) is 11.4 Å². The minimum Gasteiger partial charge on any atom is -0.494 e. The van der Waals surface area contributed by atoms with E-state index in [-0.39, 0.29) is 11.6 Å². The summed E-state index contributed by atoms with van der Waals surface area (Å²) in [6.07, 6.45) is 4.84. The fourth-order valence-electron chi connectivity index (χ4n) is 2.69. The van der Waals surface area contributed by atoms with Gasteiger partial charge in [0.2, 0.25) is 0 Å². The molecular formula is C24H23N3O3. The van der Waals surface area contributed by atoms with Crippen molar-refractivity contribution in [2.24, 2.45) is 0 Å². The van der Waals surface area contributed by atoms with Crippen LogP contribution in [0.3, 0.4) is 0 Å². The Morgan fingerprint density at radius 1 is 1.03 bits per heavy atom. The quantitative estimate of drug-likeness (QED) is 0.582. The molecule has 0 saturated carbocycles. The Hall–Kier alpha value is -3.93. The number of ether oxygens (including phenoxy) is 1. The molecule has 0 aliphatic carbocycles. The maximum absolute atomic E-state index is 12.9. The van der Waals surface area contributed by atoms with Gasteiger partial charge in [-0.05, 0) is 68.0 Å². The molecule has 0 aliphatic rings. The van der Waals surface area contributed by atoms with E-state index in [0.29, 0.717) is 29.2 Å². The van der Waals surface area contributed by atoms with Gasteiger partial charge in [0, 0.05) is 23.6 Å². The number of carbonyl (C=O) groups excluding carboxylic acids is 2. The van der Waals surface area contributed by atoms with Gasteiger partial charge in [-0.3, -0.25) is 14.6 Å². The molecule has 6 nitrogen and oxygen atoms in total. The molecule has 0 radical (unpaired) electrons. The SMILES string of the molecule is CCOc1ccc(NC(=O)C(=Cc2cccnc2)NC(=O)c2ccc(C)cc2)cc1. The molecule has 2 aromatic carbocycles. The largest absolute Gasteiger partial charge is 0.494 e. The molecule has 152 valence electrons. The van der Waals surface area contributed by atoms with Crippen LogP contribution in [0.15, 0.2) is 78.8 Å². The van der Waals surface area contributed by atoms with Crippen LogP contribution in [0.2, 0.25) is 0 Å². The van der Waals surface area contributed by atoms with Crippen molar-refractivity contribution < 1.29 is 14.3 Å². The van der Waals surface area contributed by atoms with Crippen LogP contribution in [-0.4, -0.2) is 23.4 Å². The number of hydrogen-bond acceptors (Lipinski definition) is 4. The number of anilines is 1. The molecule has 0 fully saturated rings. The molecule has 3 aromatic rings. The van der Waals surface area contributed by atoms with Crippen LogP contribution < -0.4 is 15.4 Å². The van der Waals surface area contributed by atoms with Crippen LogP contribution >= 0.6 is 0 Å².